The molecule has 7 heteroatoms. The van der Waals surface area contributed by atoms with Crippen LogP contribution in [0.25, 0.3) is 0 Å². The summed E-state index contributed by atoms with van der Waals surface area (Å²) in [6.07, 6.45) is -0.363. The van der Waals surface area contributed by atoms with Gasteiger partial charge in [0.05, 0.1) is 6.42 Å². The predicted molar refractivity (Wildman–Crippen MR) is 98.5 cm³/mol. The Morgan fingerprint density at radius 3 is 2.41 bits per heavy atom. The lowest BCUT2D eigenvalue weighted by atomic mass is 10.1. The van der Waals surface area contributed by atoms with Crippen LogP contribution in [0.15, 0.2) is 48.5 Å². The van der Waals surface area contributed by atoms with E-state index in [2.05, 4.69) is 5.32 Å². The van der Waals surface area contributed by atoms with Gasteiger partial charge in [-0.3, -0.25) is 14.4 Å². The largest absolute Gasteiger partial charge is 0.481 e. The van der Waals surface area contributed by atoms with Gasteiger partial charge in [0.1, 0.15) is 5.82 Å². The van der Waals surface area contributed by atoms with Crippen LogP contribution in [0.4, 0.5) is 10.1 Å². The molecule has 0 aromatic heterocycles. The van der Waals surface area contributed by atoms with Crippen LogP contribution in [0.2, 0.25) is 0 Å². The zero-order valence-electron chi connectivity index (χ0n) is 14.9. The van der Waals surface area contributed by atoms with E-state index in [-0.39, 0.29) is 36.0 Å². The number of halogens is 1. The fourth-order valence-corrected chi connectivity index (χ4v) is 2.54. The van der Waals surface area contributed by atoms with Crippen LogP contribution in [-0.4, -0.2) is 34.3 Å². The number of carboxylic acids is 1. The fraction of sp³-hybridized carbons (Fsp3) is 0.250. The maximum absolute atomic E-state index is 13.9. The van der Waals surface area contributed by atoms with E-state index in [0.717, 1.165) is 11.6 Å². The summed E-state index contributed by atoms with van der Waals surface area (Å²) in [4.78, 5) is 36.1. The van der Waals surface area contributed by atoms with Gasteiger partial charge in [-0.05, 0) is 23.3 Å². The highest BCUT2D eigenvalue weighted by Gasteiger charge is 2.13. The monoisotopic (exact) mass is 372 g/mol. The van der Waals surface area contributed by atoms with Crippen LogP contribution in [0.3, 0.4) is 0 Å². The van der Waals surface area contributed by atoms with E-state index in [1.54, 1.807) is 4.90 Å². The summed E-state index contributed by atoms with van der Waals surface area (Å²) < 4.78 is 13.9. The van der Waals surface area contributed by atoms with Gasteiger partial charge < -0.3 is 15.3 Å². The zero-order valence-corrected chi connectivity index (χ0v) is 14.9. The molecule has 0 saturated heterocycles. The number of nitrogens with one attached hydrogen (secondary N) is 1. The highest BCUT2D eigenvalue weighted by atomic mass is 19.1. The lowest BCUT2D eigenvalue weighted by molar-refractivity contribution is -0.136. The van der Waals surface area contributed by atoms with Crippen molar-refractivity contribution >= 4 is 23.5 Å². The van der Waals surface area contributed by atoms with Gasteiger partial charge in [0, 0.05) is 32.1 Å². The summed E-state index contributed by atoms with van der Waals surface area (Å²) in [6, 6.07) is 13.3. The molecule has 2 aromatic rings. The number of anilines is 1. The average Bonchev–Trinajstić information content (AvgIpc) is 2.61. The number of carboxylic acid groups (broad SMARTS) is 1. The third kappa shape index (κ3) is 6.54. The quantitative estimate of drug-likeness (QED) is 0.746. The molecule has 0 unspecified atom stereocenters. The first kappa shape index (κ1) is 20.1. The third-order valence-corrected chi connectivity index (χ3v) is 3.95. The minimum absolute atomic E-state index is 0.0473. The molecule has 2 rings (SSSR count). The Balaban J connectivity index is 1.91. The molecule has 0 aliphatic carbocycles. The summed E-state index contributed by atoms with van der Waals surface area (Å²) >= 11 is 0. The molecule has 0 atom stereocenters. The number of rotatable bonds is 8. The number of hydrogen-bond donors (Lipinski definition) is 2. The fourth-order valence-electron chi connectivity index (χ4n) is 2.54. The maximum Gasteiger partial charge on any atom is 0.307 e. The number of nitrogens with zero attached hydrogens (tertiary/aromatic N) is 1. The van der Waals surface area contributed by atoms with Crippen molar-refractivity contribution < 1.29 is 23.9 Å². The van der Waals surface area contributed by atoms with Crippen molar-refractivity contribution in [3.8, 4) is 0 Å². The minimum atomic E-state index is -1.13. The Morgan fingerprint density at radius 1 is 1.11 bits per heavy atom. The minimum Gasteiger partial charge on any atom is -0.481 e. The number of hydrogen-bond acceptors (Lipinski definition) is 3. The summed E-state index contributed by atoms with van der Waals surface area (Å²) in [5.41, 5.74) is 1.25. The molecule has 6 nitrogen and oxygen atoms in total. The van der Waals surface area contributed by atoms with Crippen LogP contribution in [0.1, 0.15) is 24.5 Å². The molecular formula is C20H21FN2O4. The second-order valence-corrected chi connectivity index (χ2v) is 6.10. The number of carbonyl (C=O) groups excluding carboxylic acids is 2. The lowest BCUT2D eigenvalue weighted by Crippen LogP contribution is -2.31. The van der Waals surface area contributed by atoms with E-state index >= 15 is 0 Å². The topological polar surface area (TPSA) is 86.7 Å². The van der Waals surface area contributed by atoms with E-state index in [1.165, 1.54) is 19.1 Å². The van der Waals surface area contributed by atoms with Gasteiger partial charge >= 0.3 is 5.97 Å². The van der Waals surface area contributed by atoms with Gasteiger partial charge in [-0.2, -0.15) is 0 Å². The maximum atomic E-state index is 13.9. The molecule has 0 radical (unpaired) electrons. The van der Waals surface area contributed by atoms with Gasteiger partial charge in [-0.1, -0.05) is 36.4 Å². The molecule has 0 fully saturated rings. The Labute approximate surface area is 156 Å². The standard InChI is InChI=1S/C20H21FN2O4/c1-14(24)23(13-15-5-3-2-4-6-15)10-9-19(25)22-17-8-7-16(11-20(26)27)18(21)12-17/h2-8,12H,9-11,13H2,1H3,(H,22,25)(H,26,27). The van der Waals surface area contributed by atoms with Crippen LogP contribution in [0, 0.1) is 5.82 Å². The SMILES string of the molecule is CC(=O)N(CCC(=O)Nc1ccc(CC(=O)O)c(F)c1)Cc1ccccc1. The summed E-state index contributed by atoms with van der Waals surface area (Å²) in [5, 5.41) is 11.3. The highest BCUT2D eigenvalue weighted by Crippen LogP contribution is 2.15. The van der Waals surface area contributed by atoms with Gasteiger partial charge in [0.15, 0.2) is 0 Å². The van der Waals surface area contributed by atoms with E-state index in [0.29, 0.717) is 6.54 Å². The van der Waals surface area contributed by atoms with E-state index in [4.69, 9.17) is 5.11 Å². The Kier molecular flexibility index (Phi) is 7.05. The first-order chi connectivity index (χ1) is 12.8. The molecule has 2 aromatic carbocycles. The Morgan fingerprint density at radius 2 is 1.81 bits per heavy atom. The molecule has 0 saturated carbocycles. The van der Waals surface area contributed by atoms with Crippen LogP contribution >= 0.6 is 0 Å². The molecule has 142 valence electrons. The molecule has 0 spiro atoms. The van der Waals surface area contributed by atoms with Crippen LogP contribution in [-0.2, 0) is 27.3 Å². The molecular weight excluding hydrogens is 351 g/mol. The van der Waals surface area contributed by atoms with Crippen molar-refractivity contribution in [1.29, 1.82) is 0 Å². The van der Waals surface area contributed by atoms with Crippen molar-refractivity contribution in [3.05, 3.63) is 65.5 Å². The van der Waals surface area contributed by atoms with Crippen LogP contribution < -0.4 is 5.32 Å². The van der Waals surface area contributed by atoms with Gasteiger partial charge in [0.25, 0.3) is 0 Å². The second-order valence-electron chi connectivity index (χ2n) is 6.10. The molecule has 27 heavy (non-hydrogen) atoms. The third-order valence-electron chi connectivity index (χ3n) is 3.95. The van der Waals surface area contributed by atoms with E-state index in [9.17, 15) is 18.8 Å². The van der Waals surface area contributed by atoms with Crippen molar-refractivity contribution in [2.45, 2.75) is 26.3 Å². The lowest BCUT2D eigenvalue weighted by Gasteiger charge is -2.21. The molecule has 0 aliphatic rings. The first-order valence-electron chi connectivity index (χ1n) is 8.44. The average molecular weight is 372 g/mol. The van der Waals surface area contributed by atoms with E-state index < -0.39 is 18.2 Å². The second kappa shape index (κ2) is 9.47. The number of aliphatic carboxylic acids is 1. The summed E-state index contributed by atoms with van der Waals surface area (Å²) in [6.45, 7) is 2.08. The van der Waals surface area contributed by atoms with Crippen molar-refractivity contribution in [2.24, 2.45) is 0 Å². The highest BCUT2D eigenvalue weighted by molar-refractivity contribution is 5.91. The molecule has 0 bridgehead atoms. The van der Waals surface area contributed by atoms with Gasteiger partial charge in [-0.15, -0.1) is 0 Å². The Bertz CT molecular complexity index is 824. The van der Waals surface area contributed by atoms with Gasteiger partial charge in [-0.25, -0.2) is 4.39 Å². The molecule has 2 amide bonds. The predicted octanol–water partition coefficient (Wildman–Crippen LogP) is 2.83. The smallest absolute Gasteiger partial charge is 0.307 e. The number of amides is 2. The molecule has 2 N–H and O–H groups in total. The summed E-state index contributed by atoms with van der Waals surface area (Å²) in [5.74, 6) is -2.33. The number of carbonyl (C=O) groups is 3. The van der Waals surface area contributed by atoms with Crippen molar-refractivity contribution in [2.75, 3.05) is 11.9 Å². The molecule has 0 heterocycles. The Hall–Kier alpha value is -3.22. The first-order valence-corrected chi connectivity index (χ1v) is 8.44. The summed E-state index contributed by atoms with van der Waals surface area (Å²) in [7, 11) is 0. The van der Waals surface area contributed by atoms with Crippen molar-refractivity contribution in [1.82, 2.24) is 4.90 Å². The zero-order chi connectivity index (χ0) is 19.8. The number of benzene rings is 2. The molecule has 0 aliphatic heterocycles. The normalized spacial score (nSPS) is 10.3. The van der Waals surface area contributed by atoms with E-state index in [1.807, 2.05) is 30.3 Å². The van der Waals surface area contributed by atoms with Crippen LogP contribution in [0.5, 0.6) is 0 Å². The van der Waals surface area contributed by atoms with Gasteiger partial charge in [0.2, 0.25) is 11.8 Å². The van der Waals surface area contributed by atoms with Crippen molar-refractivity contribution in [3.63, 3.8) is 0 Å².